The minimum Gasteiger partial charge on any atom is -0.493 e. The zero-order valence-electron chi connectivity index (χ0n) is 22.5. The van der Waals surface area contributed by atoms with Crippen LogP contribution >= 0.6 is 0 Å². The van der Waals surface area contributed by atoms with Crippen LogP contribution in [0, 0.1) is 0 Å². The molecule has 5 rings (SSSR count). The first kappa shape index (κ1) is 27.3. The number of fused-ring (bicyclic) bond motifs is 6. The van der Waals surface area contributed by atoms with Crippen molar-refractivity contribution < 1.29 is 33.6 Å². The minimum absolute atomic E-state index is 0.170. The Hall–Kier alpha value is -4.31. The fraction of sp³-hybridized carbons (Fsp3) is 0.367. The molecule has 0 spiro atoms. The van der Waals surface area contributed by atoms with Gasteiger partial charge in [-0.15, -0.1) is 0 Å². The number of amides is 1. The monoisotopic (exact) mass is 548 g/mol. The average Bonchev–Trinajstić information content (AvgIpc) is 2.97. The number of hydrogen-bond donors (Lipinski definition) is 1. The molecule has 1 N–H and O–H groups in total. The molecule has 2 aliphatic heterocycles. The largest absolute Gasteiger partial charge is 0.493 e. The molecular weight excluding hydrogens is 516 g/mol. The molecule has 1 saturated heterocycles. The molecule has 0 aliphatic carbocycles. The summed E-state index contributed by atoms with van der Waals surface area (Å²) in [5.41, 5.74) is 2.28. The van der Waals surface area contributed by atoms with Crippen molar-refractivity contribution in [2.45, 2.75) is 31.4 Å². The number of piperidine rings is 1. The summed E-state index contributed by atoms with van der Waals surface area (Å²) in [7, 11) is 3.18. The van der Waals surface area contributed by atoms with Gasteiger partial charge in [-0.1, -0.05) is 30.3 Å². The Labute approximate surface area is 231 Å². The van der Waals surface area contributed by atoms with Crippen LogP contribution in [0.15, 0.2) is 59.5 Å². The van der Waals surface area contributed by atoms with Crippen molar-refractivity contribution in [3.8, 4) is 22.8 Å². The topological polar surface area (TPSA) is 117 Å². The lowest BCUT2D eigenvalue weighted by molar-refractivity contribution is 0.0693. The van der Waals surface area contributed by atoms with Crippen LogP contribution in [0.1, 0.15) is 46.3 Å². The number of carbonyl (C=O) groups excluding carboxylic acids is 1. The van der Waals surface area contributed by atoms with Crippen LogP contribution in [0.25, 0.3) is 11.3 Å². The fourth-order valence-corrected chi connectivity index (χ4v) is 5.52. The molecule has 2 atom stereocenters. The highest BCUT2D eigenvalue weighted by Crippen LogP contribution is 2.49. The molecule has 10 nitrogen and oxygen atoms in total. The molecule has 40 heavy (non-hydrogen) atoms. The van der Waals surface area contributed by atoms with Crippen LogP contribution in [0.2, 0.25) is 0 Å². The van der Waals surface area contributed by atoms with Crippen LogP contribution in [0.5, 0.6) is 11.5 Å². The van der Waals surface area contributed by atoms with E-state index in [1.807, 2.05) is 47.0 Å². The first-order valence-electron chi connectivity index (χ1n) is 13.2. The van der Waals surface area contributed by atoms with Crippen molar-refractivity contribution in [2.75, 3.05) is 40.5 Å². The van der Waals surface area contributed by atoms with Crippen LogP contribution in [0.4, 0.5) is 4.79 Å². The van der Waals surface area contributed by atoms with Gasteiger partial charge in [-0.05, 0) is 29.7 Å². The number of pyridine rings is 1. The van der Waals surface area contributed by atoms with Gasteiger partial charge in [-0.2, -0.15) is 0 Å². The van der Waals surface area contributed by atoms with Crippen molar-refractivity contribution in [1.82, 2.24) is 9.47 Å². The van der Waals surface area contributed by atoms with Crippen LogP contribution in [-0.2, 0) is 16.1 Å². The lowest BCUT2D eigenvalue weighted by Gasteiger charge is -2.44. The van der Waals surface area contributed by atoms with Crippen molar-refractivity contribution in [3.05, 3.63) is 81.6 Å². The molecule has 1 aromatic heterocycles. The van der Waals surface area contributed by atoms with Gasteiger partial charge in [0.15, 0.2) is 16.9 Å². The predicted molar refractivity (Wildman–Crippen MR) is 146 cm³/mol. The Balaban J connectivity index is 1.51. The van der Waals surface area contributed by atoms with Gasteiger partial charge in [-0.25, -0.2) is 9.59 Å². The molecule has 1 fully saturated rings. The van der Waals surface area contributed by atoms with E-state index in [0.717, 1.165) is 16.7 Å². The number of likely N-dealkylation sites (tertiary alicyclic amines) is 1. The molecule has 2 aliphatic rings. The fourth-order valence-electron chi connectivity index (χ4n) is 5.52. The molecule has 10 heteroatoms. The third kappa shape index (κ3) is 5.40. The second-order valence-electron chi connectivity index (χ2n) is 9.88. The van der Waals surface area contributed by atoms with Gasteiger partial charge < -0.3 is 33.5 Å². The number of rotatable bonds is 9. The van der Waals surface area contributed by atoms with E-state index in [1.54, 1.807) is 19.1 Å². The van der Waals surface area contributed by atoms with E-state index in [1.165, 1.54) is 12.3 Å². The average molecular weight is 549 g/mol. The number of aromatic carboxylic acids is 1. The number of carboxylic acids is 1. The number of carboxylic acid groups (broad SMARTS) is 1. The summed E-state index contributed by atoms with van der Waals surface area (Å²) in [5.74, 6) is -0.428. The Kier molecular flexibility index (Phi) is 8.06. The molecule has 0 saturated carbocycles. The summed E-state index contributed by atoms with van der Waals surface area (Å²) < 4.78 is 24.3. The highest BCUT2D eigenvalue weighted by atomic mass is 16.6. The maximum Gasteiger partial charge on any atom is 0.410 e. The standard InChI is InChI=1S/C30H32N2O8/c1-37-11-6-12-39-28-13-20-21(14-27(28)38-2)25-15-26(33)23(29(34)35)17-32(25)24-9-10-31(16-22(20)24)30(36)40-18-19-7-4-3-5-8-19/h3-5,7-8,13-15,17,22,24H,6,9-12,16,18H2,1-2H3,(H,34,35)/t22-,24-/m1/s1. The Morgan fingerprint density at radius 2 is 1.85 bits per heavy atom. The number of hydrogen-bond acceptors (Lipinski definition) is 7. The van der Waals surface area contributed by atoms with Crippen LogP contribution < -0.4 is 14.9 Å². The van der Waals surface area contributed by atoms with Crippen LogP contribution in [-0.4, -0.2) is 67.2 Å². The SMILES string of the molecule is COCCCOc1cc2c(cc1OC)-c1cc(=O)c(C(=O)O)cn1[C@@H]1CCN(C(=O)OCc3ccccc3)C[C@H]21. The summed E-state index contributed by atoms with van der Waals surface area (Å²) >= 11 is 0. The van der Waals surface area contributed by atoms with E-state index >= 15 is 0 Å². The van der Waals surface area contributed by atoms with Gasteiger partial charge in [0.1, 0.15) is 12.2 Å². The molecule has 0 unspecified atom stereocenters. The van der Waals surface area contributed by atoms with Crippen molar-refractivity contribution >= 4 is 12.1 Å². The minimum atomic E-state index is -1.28. The highest BCUT2D eigenvalue weighted by molar-refractivity contribution is 5.88. The van der Waals surface area contributed by atoms with Gasteiger partial charge in [0.05, 0.1) is 19.4 Å². The summed E-state index contributed by atoms with van der Waals surface area (Å²) in [6.45, 7) is 1.93. The second-order valence-corrected chi connectivity index (χ2v) is 9.88. The molecule has 0 bridgehead atoms. The third-order valence-corrected chi connectivity index (χ3v) is 7.47. The van der Waals surface area contributed by atoms with Crippen LogP contribution in [0.3, 0.4) is 0 Å². The lowest BCUT2D eigenvalue weighted by Crippen LogP contribution is -2.45. The number of aromatic nitrogens is 1. The van der Waals surface area contributed by atoms with Gasteiger partial charge in [0.25, 0.3) is 0 Å². The zero-order chi connectivity index (χ0) is 28.2. The van der Waals surface area contributed by atoms with Gasteiger partial charge in [-0.3, -0.25) is 4.79 Å². The van der Waals surface area contributed by atoms with E-state index in [2.05, 4.69) is 0 Å². The zero-order valence-corrected chi connectivity index (χ0v) is 22.5. The smallest absolute Gasteiger partial charge is 0.410 e. The first-order chi connectivity index (χ1) is 19.4. The van der Waals surface area contributed by atoms with E-state index in [9.17, 15) is 19.5 Å². The van der Waals surface area contributed by atoms with Gasteiger partial charge >= 0.3 is 12.1 Å². The summed E-state index contributed by atoms with van der Waals surface area (Å²) in [6, 6.07) is 14.4. The van der Waals surface area contributed by atoms with Gasteiger partial charge in [0.2, 0.25) is 0 Å². The van der Waals surface area contributed by atoms with E-state index in [0.29, 0.717) is 56.3 Å². The van der Waals surface area contributed by atoms with E-state index in [-0.39, 0.29) is 24.1 Å². The lowest BCUT2D eigenvalue weighted by atomic mass is 9.79. The number of benzene rings is 2. The Bertz CT molecular complexity index is 1450. The first-order valence-corrected chi connectivity index (χ1v) is 13.2. The molecule has 3 heterocycles. The third-order valence-electron chi connectivity index (χ3n) is 7.47. The number of carbonyl (C=O) groups is 2. The molecule has 0 radical (unpaired) electrons. The Morgan fingerprint density at radius 3 is 2.58 bits per heavy atom. The van der Waals surface area contributed by atoms with Crippen molar-refractivity contribution in [2.24, 2.45) is 0 Å². The highest BCUT2D eigenvalue weighted by Gasteiger charge is 2.40. The summed E-state index contributed by atoms with van der Waals surface area (Å²) in [6.07, 6.45) is 2.26. The van der Waals surface area contributed by atoms with Crippen molar-refractivity contribution in [3.63, 3.8) is 0 Å². The molecule has 3 aromatic rings. The van der Waals surface area contributed by atoms with Crippen molar-refractivity contribution in [1.29, 1.82) is 0 Å². The molecule has 2 aromatic carbocycles. The Morgan fingerprint density at radius 1 is 1.05 bits per heavy atom. The quantitative estimate of drug-likeness (QED) is 0.393. The van der Waals surface area contributed by atoms with E-state index in [4.69, 9.17) is 18.9 Å². The number of ether oxygens (including phenoxy) is 4. The number of nitrogens with zero attached hydrogens (tertiary/aromatic N) is 2. The van der Waals surface area contributed by atoms with Gasteiger partial charge in [0, 0.05) is 63.0 Å². The van der Waals surface area contributed by atoms with E-state index < -0.39 is 17.5 Å². The maximum absolute atomic E-state index is 13.1. The maximum atomic E-state index is 13.1. The molecular formula is C30H32N2O8. The number of methoxy groups -OCH3 is 2. The summed E-state index contributed by atoms with van der Waals surface area (Å²) in [5, 5.41) is 9.64. The molecule has 1 amide bonds. The summed E-state index contributed by atoms with van der Waals surface area (Å²) in [4.78, 5) is 39.3. The predicted octanol–water partition coefficient (Wildman–Crippen LogP) is 4.32. The molecule has 210 valence electrons. The normalized spacial score (nSPS) is 17.3. The second kappa shape index (κ2) is 11.8.